The minimum atomic E-state index is -0.0825. The molecule has 0 bridgehead atoms. The molecule has 4 rings (SSSR count). The number of para-hydroxylation sites is 1. The van der Waals surface area contributed by atoms with Gasteiger partial charge in [0.1, 0.15) is 11.3 Å². The van der Waals surface area contributed by atoms with E-state index in [1.54, 1.807) is 0 Å². The maximum Gasteiger partial charge on any atom is 0.220 e. The SMILES string of the molecule is CCCCc1nc2c(N)nc3ccccc3c2n1CCCCNC(=O)CCC(=O)NCC1CCCCCCCC1N. The number of fused-ring (bicyclic) bond motifs is 3. The molecule has 0 saturated heterocycles. The predicted octanol–water partition coefficient (Wildman–Crippen LogP) is 4.99. The molecular formula is C32H49N7O2. The lowest BCUT2D eigenvalue weighted by Gasteiger charge is -2.23. The van der Waals surface area contributed by atoms with E-state index >= 15 is 0 Å². The van der Waals surface area contributed by atoms with Crippen molar-refractivity contribution in [3.05, 3.63) is 30.1 Å². The molecule has 224 valence electrons. The number of hydrogen-bond acceptors (Lipinski definition) is 6. The van der Waals surface area contributed by atoms with Gasteiger partial charge in [-0.3, -0.25) is 9.59 Å². The first-order valence-electron chi connectivity index (χ1n) is 15.8. The Balaban J connectivity index is 1.22. The predicted molar refractivity (Wildman–Crippen MR) is 166 cm³/mol. The molecule has 0 radical (unpaired) electrons. The third-order valence-electron chi connectivity index (χ3n) is 8.43. The second-order valence-electron chi connectivity index (χ2n) is 11.6. The molecule has 41 heavy (non-hydrogen) atoms. The number of benzene rings is 1. The van der Waals surface area contributed by atoms with E-state index in [2.05, 4.69) is 33.2 Å². The van der Waals surface area contributed by atoms with Gasteiger partial charge in [0.15, 0.2) is 5.82 Å². The molecule has 1 aromatic carbocycles. The van der Waals surface area contributed by atoms with E-state index in [0.29, 0.717) is 24.8 Å². The lowest BCUT2D eigenvalue weighted by Crippen LogP contribution is -2.39. The maximum atomic E-state index is 12.4. The van der Waals surface area contributed by atoms with Crippen LogP contribution in [0.1, 0.15) is 96.2 Å². The largest absolute Gasteiger partial charge is 0.382 e. The van der Waals surface area contributed by atoms with Gasteiger partial charge in [0.25, 0.3) is 0 Å². The van der Waals surface area contributed by atoms with Crippen LogP contribution in [0.15, 0.2) is 24.3 Å². The number of hydrogen-bond donors (Lipinski definition) is 4. The van der Waals surface area contributed by atoms with E-state index in [4.69, 9.17) is 16.5 Å². The zero-order valence-corrected chi connectivity index (χ0v) is 24.8. The number of nitrogens with two attached hydrogens (primary N) is 2. The third kappa shape index (κ3) is 8.64. The number of aryl methyl sites for hydroxylation is 2. The van der Waals surface area contributed by atoms with Crippen LogP contribution in [-0.4, -0.2) is 45.5 Å². The van der Waals surface area contributed by atoms with Gasteiger partial charge in [-0.2, -0.15) is 0 Å². The standard InChI is InChI=1S/C32H49N7O2/c1-2-3-17-27-38-30-31(24-14-9-10-16-26(24)37-32(30)34)39(27)21-12-11-20-35-28(40)18-19-29(41)36-22-23-13-7-5-4-6-8-15-25(23)33/h9-10,14,16,23,25H,2-8,11-13,15,17-22,33H2,1H3,(H2,34,37)(H,35,40)(H,36,41). The maximum absolute atomic E-state index is 12.4. The summed E-state index contributed by atoms with van der Waals surface area (Å²) in [7, 11) is 0. The average Bonchev–Trinajstić information content (AvgIpc) is 3.38. The number of aromatic nitrogens is 3. The van der Waals surface area contributed by atoms with Gasteiger partial charge in [-0.1, -0.05) is 63.6 Å². The topological polar surface area (TPSA) is 141 Å². The van der Waals surface area contributed by atoms with E-state index in [0.717, 1.165) is 79.3 Å². The first-order chi connectivity index (χ1) is 20.0. The van der Waals surface area contributed by atoms with Gasteiger partial charge >= 0.3 is 0 Å². The molecule has 9 nitrogen and oxygen atoms in total. The van der Waals surface area contributed by atoms with E-state index in [9.17, 15) is 9.59 Å². The Hall–Kier alpha value is -3.20. The van der Waals surface area contributed by atoms with E-state index in [-0.39, 0.29) is 30.7 Å². The summed E-state index contributed by atoms with van der Waals surface area (Å²) in [6, 6.07) is 8.20. The van der Waals surface area contributed by atoms with Crippen LogP contribution in [-0.2, 0) is 22.6 Å². The second-order valence-corrected chi connectivity index (χ2v) is 11.6. The summed E-state index contributed by atoms with van der Waals surface area (Å²) in [6.45, 7) is 4.17. The van der Waals surface area contributed by atoms with Gasteiger partial charge in [-0.15, -0.1) is 0 Å². The summed E-state index contributed by atoms with van der Waals surface area (Å²) in [4.78, 5) is 34.3. The molecule has 2 amide bonds. The van der Waals surface area contributed by atoms with Crippen molar-refractivity contribution in [3.8, 4) is 0 Å². The zero-order chi connectivity index (χ0) is 29.0. The molecule has 6 N–H and O–H groups in total. The fourth-order valence-electron chi connectivity index (χ4n) is 5.96. The molecule has 0 spiro atoms. The number of nitrogen functional groups attached to an aromatic ring is 1. The Morgan fingerprint density at radius 3 is 2.49 bits per heavy atom. The number of rotatable bonds is 13. The summed E-state index contributed by atoms with van der Waals surface area (Å²) >= 11 is 0. The number of nitrogens with one attached hydrogen (secondary N) is 2. The Morgan fingerprint density at radius 1 is 0.951 bits per heavy atom. The van der Waals surface area contributed by atoms with Crippen molar-refractivity contribution in [2.75, 3.05) is 18.8 Å². The van der Waals surface area contributed by atoms with Crippen LogP contribution >= 0.6 is 0 Å². The number of nitrogens with zero attached hydrogens (tertiary/aromatic N) is 3. The number of anilines is 1. The van der Waals surface area contributed by atoms with Crippen molar-refractivity contribution >= 4 is 39.6 Å². The smallest absolute Gasteiger partial charge is 0.220 e. The number of carbonyl (C=O) groups is 2. The molecule has 2 aromatic heterocycles. The highest BCUT2D eigenvalue weighted by molar-refractivity contribution is 6.06. The van der Waals surface area contributed by atoms with Crippen LogP contribution in [0, 0.1) is 5.92 Å². The van der Waals surface area contributed by atoms with Crippen LogP contribution in [0.2, 0.25) is 0 Å². The lowest BCUT2D eigenvalue weighted by atomic mass is 9.92. The van der Waals surface area contributed by atoms with Crippen molar-refractivity contribution < 1.29 is 9.59 Å². The van der Waals surface area contributed by atoms with Gasteiger partial charge in [0.2, 0.25) is 11.8 Å². The second kappa shape index (κ2) is 15.7. The van der Waals surface area contributed by atoms with Gasteiger partial charge < -0.3 is 26.7 Å². The van der Waals surface area contributed by atoms with Crippen molar-refractivity contribution in [2.24, 2.45) is 11.7 Å². The van der Waals surface area contributed by atoms with Gasteiger partial charge in [-0.25, -0.2) is 9.97 Å². The first-order valence-corrected chi connectivity index (χ1v) is 15.8. The molecule has 1 fully saturated rings. The van der Waals surface area contributed by atoms with Gasteiger partial charge in [-0.05, 0) is 44.1 Å². The summed E-state index contributed by atoms with van der Waals surface area (Å²) < 4.78 is 2.29. The fraction of sp³-hybridized carbons (Fsp3) is 0.625. The zero-order valence-electron chi connectivity index (χ0n) is 24.8. The van der Waals surface area contributed by atoms with Crippen molar-refractivity contribution in [2.45, 2.75) is 109 Å². The third-order valence-corrected chi connectivity index (χ3v) is 8.43. The highest BCUT2D eigenvalue weighted by Gasteiger charge is 2.20. The van der Waals surface area contributed by atoms with Gasteiger partial charge in [0.05, 0.1) is 11.0 Å². The molecule has 0 aliphatic heterocycles. The van der Waals surface area contributed by atoms with Crippen LogP contribution in [0.5, 0.6) is 0 Å². The number of amides is 2. The molecule has 2 heterocycles. The normalized spacial score (nSPS) is 18.1. The number of imidazole rings is 1. The molecule has 1 saturated carbocycles. The molecule has 2 atom stereocenters. The molecule has 1 aliphatic rings. The Kier molecular flexibility index (Phi) is 11.8. The Bertz CT molecular complexity index is 1290. The number of carbonyl (C=O) groups excluding carboxylic acids is 2. The molecule has 1 aliphatic carbocycles. The molecule has 9 heteroatoms. The fourth-order valence-corrected chi connectivity index (χ4v) is 5.96. The van der Waals surface area contributed by atoms with Crippen molar-refractivity contribution in [3.63, 3.8) is 0 Å². The number of unbranched alkanes of at least 4 members (excludes halogenated alkanes) is 2. The Morgan fingerprint density at radius 2 is 1.68 bits per heavy atom. The molecular weight excluding hydrogens is 514 g/mol. The minimum absolute atomic E-state index is 0.0696. The van der Waals surface area contributed by atoms with Crippen LogP contribution in [0.25, 0.3) is 21.9 Å². The van der Waals surface area contributed by atoms with Crippen molar-refractivity contribution in [1.82, 2.24) is 25.2 Å². The number of pyridine rings is 1. The average molecular weight is 564 g/mol. The summed E-state index contributed by atoms with van der Waals surface area (Å²) in [6.07, 6.45) is 13.4. The molecule has 3 aromatic rings. The highest BCUT2D eigenvalue weighted by Crippen LogP contribution is 2.29. The summed E-state index contributed by atoms with van der Waals surface area (Å²) in [5.41, 5.74) is 15.4. The minimum Gasteiger partial charge on any atom is -0.382 e. The van der Waals surface area contributed by atoms with E-state index in [1.165, 1.54) is 32.1 Å². The van der Waals surface area contributed by atoms with Crippen LogP contribution in [0.3, 0.4) is 0 Å². The van der Waals surface area contributed by atoms with Crippen LogP contribution in [0.4, 0.5) is 5.82 Å². The highest BCUT2D eigenvalue weighted by atomic mass is 16.2. The monoisotopic (exact) mass is 563 g/mol. The van der Waals surface area contributed by atoms with E-state index in [1.807, 2.05) is 18.2 Å². The summed E-state index contributed by atoms with van der Waals surface area (Å²) in [5, 5.41) is 7.07. The first kappa shape index (κ1) is 30.8. The van der Waals surface area contributed by atoms with Gasteiger partial charge in [0, 0.05) is 50.3 Å². The summed E-state index contributed by atoms with van der Waals surface area (Å²) in [5.74, 6) is 1.68. The van der Waals surface area contributed by atoms with Crippen LogP contribution < -0.4 is 22.1 Å². The van der Waals surface area contributed by atoms with Crippen molar-refractivity contribution in [1.29, 1.82) is 0 Å². The van der Waals surface area contributed by atoms with E-state index < -0.39 is 0 Å². The Labute approximate surface area is 244 Å². The molecule has 2 unspecified atom stereocenters. The quantitative estimate of drug-likeness (QED) is 0.216. The lowest BCUT2D eigenvalue weighted by molar-refractivity contribution is -0.126.